The molecule has 2 aromatic carbocycles. The highest BCUT2D eigenvalue weighted by molar-refractivity contribution is 5.99. The highest BCUT2D eigenvalue weighted by atomic mass is 16.6. The van der Waals surface area contributed by atoms with Gasteiger partial charge in [0.05, 0.1) is 10.6 Å². The van der Waals surface area contributed by atoms with E-state index in [1.807, 2.05) is 0 Å². The van der Waals surface area contributed by atoms with Crippen LogP contribution in [0.4, 0.5) is 5.69 Å². The molecule has 0 heterocycles. The highest BCUT2D eigenvalue weighted by Crippen LogP contribution is 2.25. The third-order valence-electron chi connectivity index (χ3n) is 3.05. The predicted molar refractivity (Wildman–Crippen MR) is 87.1 cm³/mol. The van der Waals surface area contributed by atoms with E-state index in [2.05, 4.69) is 10.5 Å². The third-order valence-corrected chi connectivity index (χ3v) is 3.05. The molecule has 0 aliphatic rings. The molecule has 0 spiro atoms. The molecule has 0 radical (unpaired) electrons. The first-order valence-corrected chi connectivity index (χ1v) is 6.96. The van der Waals surface area contributed by atoms with Crippen LogP contribution in [0.25, 0.3) is 0 Å². The van der Waals surface area contributed by atoms with Crippen LogP contribution in [0.15, 0.2) is 53.6 Å². The zero-order valence-electron chi connectivity index (χ0n) is 12.8. The first-order chi connectivity index (χ1) is 11.5. The minimum atomic E-state index is -0.583. The average molecular weight is 329 g/mol. The van der Waals surface area contributed by atoms with Crippen molar-refractivity contribution in [1.29, 1.82) is 0 Å². The summed E-state index contributed by atoms with van der Waals surface area (Å²) in [6.45, 7) is 1.28. The second kappa shape index (κ2) is 7.73. The van der Waals surface area contributed by atoms with Crippen LogP contribution in [-0.4, -0.2) is 28.3 Å². The fourth-order valence-electron chi connectivity index (χ4n) is 1.82. The summed E-state index contributed by atoms with van der Waals surface area (Å²) in [5, 5.41) is 24.0. The normalized spacial score (nSPS) is 11.0. The van der Waals surface area contributed by atoms with Crippen LogP contribution in [0.1, 0.15) is 12.5 Å². The Morgan fingerprint density at radius 3 is 2.58 bits per heavy atom. The Kier molecular flexibility index (Phi) is 5.45. The van der Waals surface area contributed by atoms with Crippen LogP contribution in [0.2, 0.25) is 0 Å². The number of amides is 1. The fraction of sp³-hybridized carbons (Fsp3) is 0.125. The minimum Gasteiger partial charge on any atom is -0.508 e. The number of para-hydroxylation sites is 2. The molecule has 0 aliphatic carbocycles. The smallest absolute Gasteiger partial charge is 0.310 e. The molecule has 0 bridgehead atoms. The van der Waals surface area contributed by atoms with E-state index in [1.54, 1.807) is 25.1 Å². The number of nitro benzene ring substituents is 1. The molecule has 0 aliphatic heterocycles. The summed E-state index contributed by atoms with van der Waals surface area (Å²) in [7, 11) is 0. The monoisotopic (exact) mass is 329 g/mol. The Bertz CT molecular complexity index is 772. The Morgan fingerprint density at radius 2 is 1.92 bits per heavy atom. The van der Waals surface area contributed by atoms with E-state index in [1.165, 1.54) is 30.3 Å². The highest BCUT2D eigenvalue weighted by Gasteiger charge is 2.14. The number of nitrogens with one attached hydrogen (secondary N) is 1. The quantitative estimate of drug-likeness (QED) is 0.479. The molecule has 0 atom stereocenters. The molecule has 0 fully saturated rings. The van der Waals surface area contributed by atoms with Gasteiger partial charge in [-0.25, -0.2) is 5.43 Å². The van der Waals surface area contributed by atoms with Gasteiger partial charge < -0.3 is 9.84 Å². The van der Waals surface area contributed by atoms with Gasteiger partial charge in [0.15, 0.2) is 12.4 Å². The van der Waals surface area contributed by atoms with Crippen LogP contribution >= 0.6 is 0 Å². The van der Waals surface area contributed by atoms with Crippen molar-refractivity contribution in [2.45, 2.75) is 6.92 Å². The number of aromatic hydroxyl groups is 1. The SMILES string of the molecule is C/C(=N/NC(=O)COc1ccccc1[N+](=O)[O-])c1ccc(O)cc1. The topological polar surface area (TPSA) is 114 Å². The Morgan fingerprint density at radius 1 is 1.25 bits per heavy atom. The first-order valence-electron chi connectivity index (χ1n) is 6.96. The van der Waals surface area contributed by atoms with Crippen LogP contribution in [0.3, 0.4) is 0 Å². The van der Waals surface area contributed by atoms with Gasteiger partial charge in [-0.3, -0.25) is 14.9 Å². The van der Waals surface area contributed by atoms with Crippen molar-refractivity contribution >= 4 is 17.3 Å². The molecule has 124 valence electrons. The van der Waals surface area contributed by atoms with Crippen molar-refractivity contribution in [3.63, 3.8) is 0 Å². The zero-order valence-corrected chi connectivity index (χ0v) is 12.8. The van der Waals surface area contributed by atoms with Gasteiger partial charge in [-0.15, -0.1) is 0 Å². The van der Waals surface area contributed by atoms with Gasteiger partial charge in [0.2, 0.25) is 0 Å². The van der Waals surface area contributed by atoms with Crippen molar-refractivity contribution in [3.05, 3.63) is 64.2 Å². The number of phenolic OH excluding ortho intramolecular Hbond substituents is 1. The average Bonchev–Trinajstić information content (AvgIpc) is 2.58. The van der Waals surface area contributed by atoms with Crippen LogP contribution in [0.5, 0.6) is 11.5 Å². The third kappa shape index (κ3) is 4.54. The molecule has 0 aromatic heterocycles. The van der Waals surface area contributed by atoms with Crippen molar-refractivity contribution in [2.75, 3.05) is 6.61 Å². The van der Waals surface area contributed by atoms with E-state index in [0.29, 0.717) is 5.71 Å². The molecule has 0 unspecified atom stereocenters. The van der Waals surface area contributed by atoms with Crippen molar-refractivity contribution in [1.82, 2.24) is 5.43 Å². The number of ether oxygens (including phenoxy) is 1. The second-order valence-electron chi connectivity index (χ2n) is 4.79. The number of phenols is 1. The van der Waals surface area contributed by atoms with Crippen molar-refractivity contribution in [2.24, 2.45) is 5.10 Å². The number of hydrazone groups is 1. The molecular weight excluding hydrogens is 314 g/mol. The number of hydrogen-bond acceptors (Lipinski definition) is 6. The molecule has 0 saturated heterocycles. The van der Waals surface area contributed by atoms with Gasteiger partial charge >= 0.3 is 5.69 Å². The lowest BCUT2D eigenvalue weighted by molar-refractivity contribution is -0.385. The van der Waals surface area contributed by atoms with Crippen molar-refractivity contribution < 1.29 is 19.6 Å². The molecule has 2 aromatic rings. The largest absolute Gasteiger partial charge is 0.508 e. The van der Waals surface area contributed by atoms with E-state index in [0.717, 1.165) is 5.56 Å². The van der Waals surface area contributed by atoms with Crippen LogP contribution in [-0.2, 0) is 4.79 Å². The summed E-state index contributed by atoms with van der Waals surface area (Å²) >= 11 is 0. The lowest BCUT2D eigenvalue weighted by Gasteiger charge is -2.06. The summed E-state index contributed by atoms with van der Waals surface area (Å²) in [5.74, 6) is -0.406. The lowest BCUT2D eigenvalue weighted by atomic mass is 10.1. The van der Waals surface area contributed by atoms with E-state index in [4.69, 9.17) is 4.74 Å². The van der Waals surface area contributed by atoms with E-state index in [-0.39, 0.29) is 17.2 Å². The number of nitro groups is 1. The van der Waals surface area contributed by atoms with Crippen molar-refractivity contribution in [3.8, 4) is 11.5 Å². The van der Waals surface area contributed by atoms with E-state index in [9.17, 15) is 20.0 Å². The molecule has 2 N–H and O–H groups in total. The van der Waals surface area contributed by atoms with Crippen LogP contribution < -0.4 is 10.2 Å². The minimum absolute atomic E-state index is 0.0110. The molecule has 8 heteroatoms. The maximum absolute atomic E-state index is 11.7. The standard InChI is InChI=1S/C16H15N3O5/c1-11(12-6-8-13(20)9-7-12)17-18-16(21)10-24-15-5-3-2-4-14(15)19(22)23/h2-9,20H,10H2,1H3,(H,18,21)/b17-11-. The van der Waals surface area contributed by atoms with Gasteiger partial charge in [-0.05, 0) is 42.8 Å². The molecule has 24 heavy (non-hydrogen) atoms. The fourth-order valence-corrected chi connectivity index (χ4v) is 1.82. The summed E-state index contributed by atoms with van der Waals surface area (Å²) in [6, 6.07) is 12.1. The number of benzene rings is 2. The van der Waals surface area contributed by atoms with Gasteiger partial charge in [-0.1, -0.05) is 12.1 Å². The summed E-state index contributed by atoms with van der Waals surface area (Å²) in [6.07, 6.45) is 0. The summed E-state index contributed by atoms with van der Waals surface area (Å²) in [5.41, 5.74) is 3.36. The number of rotatable bonds is 6. The molecule has 2 rings (SSSR count). The Hall–Kier alpha value is -3.42. The van der Waals surface area contributed by atoms with Gasteiger partial charge in [-0.2, -0.15) is 5.10 Å². The van der Waals surface area contributed by atoms with Gasteiger partial charge in [0, 0.05) is 6.07 Å². The van der Waals surface area contributed by atoms with Crippen LogP contribution in [0, 0.1) is 10.1 Å². The number of carbonyl (C=O) groups excluding carboxylic acids is 1. The van der Waals surface area contributed by atoms with E-state index >= 15 is 0 Å². The van der Waals surface area contributed by atoms with E-state index < -0.39 is 17.4 Å². The van der Waals surface area contributed by atoms with Gasteiger partial charge in [0.25, 0.3) is 5.91 Å². The number of nitrogens with zero attached hydrogens (tertiary/aromatic N) is 2. The molecule has 8 nitrogen and oxygen atoms in total. The number of carbonyl (C=O) groups is 1. The lowest BCUT2D eigenvalue weighted by Crippen LogP contribution is -2.25. The maximum Gasteiger partial charge on any atom is 0.310 e. The predicted octanol–water partition coefficient (Wildman–Crippen LogP) is 2.22. The zero-order chi connectivity index (χ0) is 17.5. The Balaban J connectivity index is 1.93. The molecule has 1 amide bonds. The Labute approximate surface area is 137 Å². The maximum atomic E-state index is 11.7. The summed E-state index contributed by atoms with van der Waals surface area (Å²) in [4.78, 5) is 22.0. The second-order valence-corrected chi connectivity index (χ2v) is 4.79. The summed E-state index contributed by atoms with van der Waals surface area (Å²) < 4.78 is 5.16. The molecular formula is C16H15N3O5. The first kappa shape index (κ1) is 16.9. The van der Waals surface area contributed by atoms with Gasteiger partial charge in [0.1, 0.15) is 5.75 Å². The molecule has 0 saturated carbocycles. The number of hydrogen-bond donors (Lipinski definition) is 2.